The summed E-state index contributed by atoms with van der Waals surface area (Å²) in [6.45, 7) is 3.92. The number of allylic oxidation sites excluding steroid dienone is 2. The molecule has 0 aliphatic rings. The standard InChI is InChI=1S/C20H22O2/c1-3-5-15-7-11-17(12-8-15)19(21)20(22)18-13-9-16(6-4-2)10-14-18/h3-14,19-22H,1-2H3/b5-3+,6-4+. The first kappa shape index (κ1) is 16.2. The molecule has 0 spiro atoms. The first-order valence-corrected chi connectivity index (χ1v) is 7.47. The van der Waals surface area contributed by atoms with Crippen LogP contribution in [0.4, 0.5) is 0 Å². The van der Waals surface area contributed by atoms with E-state index in [-0.39, 0.29) is 0 Å². The molecule has 0 fully saturated rings. The quantitative estimate of drug-likeness (QED) is 0.851. The lowest BCUT2D eigenvalue weighted by Crippen LogP contribution is -2.10. The molecule has 2 heteroatoms. The molecule has 0 saturated carbocycles. The Bertz CT molecular complexity index is 577. The van der Waals surface area contributed by atoms with Gasteiger partial charge in [-0.3, -0.25) is 0 Å². The summed E-state index contributed by atoms with van der Waals surface area (Å²) >= 11 is 0. The Hall–Kier alpha value is -2.16. The van der Waals surface area contributed by atoms with Crippen molar-refractivity contribution in [2.24, 2.45) is 0 Å². The van der Waals surface area contributed by atoms with Gasteiger partial charge in [0.05, 0.1) is 0 Å². The monoisotopic (exact) mass is 294 g/mol. The van der Waals surface area contributed by atoms with Gasteiger partial charge in [0, 0.05) is 0 Å². The van der Waals surface area contributed by atoms with Crippen molar-refractivity contribution >= 4 is 12.2 Å². The summed E-state index contributed by atoms with van der Waals surface area (Å²) in [5, 5.41) is 20.7. The lowest BCUT2D eigenvalue weighted by atomic mass is 9.97. The summed E-state index contributed by atoms with van der Waals surface area (Å²) in [4.78, 5) is 0. The van der Waals surface area contributed by atoms with E-state index < -0.39 is 12.2 Å². The molecule has 2 aromatic rings. The highest BCUT2D eigenvalue weighted by atomic mass is 16.3. The highest BCUT2D eigenvalue weighted by Gasteiger charge is 2.19. The van der Waals surface area contributed by atoms with Gasteiger partial charge in [0.15, 0.2) is 0 Å². The van der Waals surface area contributed by atoms with Crippen LogP contribution >= 0.6 is 0 Å². The van der Waals surface area contributed by atoms with Crippen LogP contribution in [0.15, 0.2) is 60.7 Å². The van der Waals surface area contributed by atoms with E-state index in [0.717, 1.165) is 11.1 Å². The molecule has 2 atom stereocenters. The van der Waals surface area contributed by atoms with Crippen LogP contribution in [0.2, 0.25) is 0 Å². The van der Waals surface area contributed by atoms with Gasteiger partial charge in [-0.1, -0.05) is 72.8 Å². The predicted octanol–water partition coefficient (Wildman–Crippen LogP) is 4.52. The van der Waals surface area contributed by atoms with Crippen LogP contribution in [0.3, 0.4) is 0 Å². The fourth-order valence-electron chi connectivity index (χ4n) is 2.36. The van der Waals surface area contributed by atoms with Gasteiger partial charge in [-0.2, -0.15) is 0 Å². The number of aliphatic hydroxyl groups excluding tert-OH is 2. The van der Waals surface area contributed by atoms with Gasteiger partial charge in [-0.05, 0) is 36.1 Å². The van der Waals surface area contributed by atoms with E-state index in [2.05, 4.69) is 0 Å². The summed E-state index contributed by atoms with van der Waals surface area (Å²) in [6.07, 6.45) is 6.04. The van der Waals surface area contributed by atoms with Crippen molar-refractivity contribution in [3.05, 3.63) is 82.9 Å². The van der Waals surface area contributed by atoms with Crippen LogP contribution in [0.25, 0.3) is 12.2 Å². The first-order chi connectivity index (χ1) is 10.7. The molecule has 2 nitrogen and oxygen atoms in total. The highest BCUT2D eigenvalue weighted by molar-refractivity contribution is 5.50. The molecule has 0 amide bonds. The van der Waals surface area contributed by atoms with Gasteiger partial charge in [0.2, 0.25) is 0 Å². The minimum absolute atomic E-state index is 0.707. The van der Waals surface area contributed by atoms with Gasteiger partial charge >= 0.3 is 0 Å². The van der Waals surface area contributed by atoms with Gasteiger partial charge in [-0.25, -0.2) is 0 Å². The van der Waals surface area contributed by atoms with Crippen molar-refractivity contribution < 1.29 is 10.2 Å². The van der Waals surface area contributed by atoms with Crippen molar-refractivity contribution in [1.29, 1.82) is 0 Å². The zero-order valence-corrected chi connectivity index (χ0v) is 13.0. The number of benzene rings is 2. The minimum atomic E-state index is -0.938. The zero-order chi connectivity index (χ0) is 15.9. The van der Waals surface area contributed by atoms with Crippen LogP contribution < -0.4 is 0 Å². The van der Waals surface area contributed by atoms with E-state index >= 15 is 0 Å². The molecular formula is C20H22O2. The Labute approximate surface area is 132 Å². The average Bonchev–Trinajstić information content (AvgIpc) is 2.55. The maximum absolute atomic E-state index is 10.4. The molecule has 2 N–H and O–H groups in total. The van der Waals surface area contributed by atoms with Crippen molar-refractivity contribution in [2.45, 2.75) is 26.1 Å². The molecule has 0 heterocycles. The Morgan fingerprint density at radius 3 is 1.23 bits per heavy atom. The van der Waals surface area contributed by atoms with E-state index in [0.29, 0.717) is 11.1 Å². The Balaban J connectivity index is 2.15. The van der Waals surface area contributed by atoms with E-state index in [1.54, 1.807) is 0 Å². The van der Waals surface area contributed by atoms with Gasteiger partial charge in [0.25, 0.3) is 0 Å². The third-order valence-electron chi connectivity index (χ3n) is 3.57. The molecule has 0 aliphatic carbocycles. The molecule has 0 saturated heterocycles. The third kappa shape index (κ3) is 3.94. The second-order valence-electron chi connectivity index (χ2n) is 5.22. The van der Waals surface area contributed by atoms with E-state index in [1.807, 2.05) is 86.7 Å². The van der Waals surface area contributed by atoms with Crippen LogP contribution in [0.1, 0.15) is 48.3 Å². The van der Waals surface area contributed by atoms with Crippen LogP contribution in [0.5, 0.6) is 0 Å². The van der Waals surface area contributed by atoms with Crippen LogP contribution in [0, 0.1) is 0 Å². The summed E-state index contributed by atoms with van der Waals surface area (Å²) in [5.74, 6) is 0. The Kier molecular flexibility index (Phi) is 5.70. The third-order valence-corrected chi connectivity index (χ3v) is 3.57. The lowest BCUT2D eigenvalue weighted by Gasteiger charge is -2.19. The molecule has 0 aromatic heterocycles. The highest BCUT2D eigenvalue weighted by Crippen LogP contribution is 2.29. The maximum atomic E-state index is 10.4. The second kappa shape index (κ2) is 7.74. The topological polar surface area (TPSA) is 40.5 Å². The fraction of sp³-hybridized carbons (Fsp3) is 0.200. The maximum Gasteiger partial charge on any atom is 0.109 e. The number of hydrogen-bond acceptors (Lipinski definition) is 2. The molecule has 2 rings (SSSR count). The predicted molar refractivity (Wildman–Crippen MR) is 92.2 cm³/mol. The molecular weight excluding hydrogens is 272 g/mol. The van der Waals surface area contributed by atoms with E-state index in [4.69, 9.17) is 0 Å². The molecule has 0 radical (unpaired) electrons. The van der Waals surface area contributed by atoms with Gasteiger partial charge in [0.1, 0.15) is 12.2 Å². The summed E-state index contributed by atoms with van der Waals surface area (Å²) in [7, 11) is 0. The van der Waals surface area contributed by atoms with E-state index in [9.17, 15) is 10.2 Å². The summed E-state index contributed by atoms with van der Waals surface area (Å²) in [6, 6.07) is 15.1. The Morgan fingerprint density at radius 2 is 0.955 bits per heavy atom. The first-order valence-electron chi connectivity index (χ1n) is 7.47. The smallest absolute Gasteiger partial charge is 0.109 e. The second-order valence-corrected chi connectivity index (χ2v) is 5.22. The number of hydrogen-bond donors (Lipinski definition) is 2. The van der Waals surface area contributed by atoms with Crippen molar-refractivity contribution in [3.8, 4) is 0 Å². The molecule has 2 aromatic carbocycles. The molecule has 22 heavy (non-hydrogen) atoms. The summed E-state index contributed by atoms with van der Waals surface area (Å²) in [5.41, 5.74) is 3.56. The number of aliphatic hydroxyl groups is 2. The number of rotatable bonds is 5. The molecule has 2 unspecified atom stereocenters. The van der Waals surface area contributed by atoms with Crippen molar-refractivity contribution in [3.63, 3.8) is 0 Å². The summed E-state index contributed by atoms with van der Waals surface area (Å²) < 4.78 is 0. The van der Waals surface area contributed by atoms with E-state index in [1.165, 1.54) is 0 Å². The van der Waals surface area contributed by atoms with Crippen molar-refractivity contribution in [1.82, 2.24) is 0 Å². The normalized spacial score (nSPS) is 14.5. The lowest BCUT2D eigenvalue weighted by molar-refractivity contribution is 0.0172. The SMILES string of the molecule is C/C=C/c1ccc(C(O)C(O)c2ccc(/C=C/C)cc2)cc1. The van der Waals surface area contributed by atoms with Crippen LogP contribution in [-0.2, 0) is 0 Å². The van der Waals surface area contributed by atoms with Gasteiger partial charge in [-0.15, -0.1) is 0 Å². The van der Waals surface area contributed by atoms with Crippen molar-refractivity contribution in [2.75, 3.05) is 0 Å². The fourth-order valence-corrected chi connectivity index (χ4v) is 2.36. The molecule has 0 aliphatic heterocycles. The van der Waals surface area contributed by atoms with Gasteiger partial charge < -0.3 is 10.2 Å². The zero-order valence-electron chi connectivity index (χ0n) is 13.0. The minimum Gasteiger partial charge on any atom is -0.385 e. The largest absolute Gasteiger partial charge is 0.385 e. The van der Waals surface area contributed by atoms with Crippen LogP contribution in [-0.4, -0.2) is 10.2 Å². The Morgan fingerprint density at radius 1 is 0.636 bits per heavy atom. The average molecular weight is 294 g/mol. The molecule has 114 valence electrons. The molecule has 0 bridgehead atoms.